The molecule has 0 fully saturated rings. The van der Waals surface area contributed by atoms with Gasteiger partial charge in [-0.1, -0.05) is 126 Å². The van der Waals surface area contributed by atoms with Crippen molar-refractivity contribution in [3.05, 3.63) is 114 Å². The number of hydrogen-bond donors (Lipinski definition) is 1. The number of halogens is 1. The van der Waals surface area contributed by atoms with Gasteiger partial charge in [-0.05, 0) is 120 Å². The maximum absolute atomic E-state index is 13.2. The number of carbonyl (C=O) groups is 1. The first kappa shape index (κ1) is 47.1. The van der Waals surface area contributed by atoms with Gasteiger partial charge >= 0.3 is 5.97 Å². The van der Waals surface area contributed by atoms with E-state index in [9.17, 15) is 9.90 Å². The van der Waals surface area contributed by atoms with E-state index in [0.29, 0.717) is 62.3 Å². The van der Waals surface area contributed by atoms with Gasteiger partial charge in [0.25, 0.3) is 0 Å². The number of carboxylic acids is 1. The van der Waals surface area contributed by atoms with Crippen LogP contribution in [0.1, 0.15) is 187 Å². The Kier molecular flexibility index (Phi) is 15.2. The molecule has 0 saturated carbocycles. The molecule has 4 aromatic carbocycles. The van der Waals surface area contributed by atoms with Crippen molar-refractivity contribution in [3.8, 4) is 23.0 Å². The van der Waals surface area contributed by atoms with E-state index in [-0.39, 0.29) is 21.8 Å². The van der Waals surface area contributed by atoms with Crippen molar-refractivity contribution in [2.75, 3.05) is 26.4 Å². The average Bonchev–Trinajstić information content (AvgIpc) is 3.15. The van der Waals surface area contributed by atoms with Gasteiger partial charge in [0, 0.05) is 35.7 Å². The van der Waals surface area contributed by atoms with Crippen molar-refractivity contribution in [2.45, 2.75) is 158 Å². The normalized spacial score (nSPS) is 13.2. The van der Waals surface area contributed by atoms with Crippen LogP contribution in [0.5, 0.6) is 23.0 Å². The Morgan fingerprint density at radius 1 is 0.483 bits per heavy atom. The van der Waals surface area contributed by atoms with Gasteiger partial charge in [-0.25, -0.2) is 4.79 Å². The summed E-state index contributed by atoms with van der Waals surface area (Å²) in [5, 5.41) is 10.8. The van der Waals surface area contributed by atoms with E-state index in [1.54, 1.807) is 6.07 Å². The lowest BCUT2D eigenvalue weighted by atomic mass is 9.80. The molecule has 60 heavy (non-hydrogen) atoms. The Bertz CT molecular complexity index is 2160. The smallest absolute Gasteiger partial charge is 0.336 e. The van der Waals surface area contributed by atoms with Crippen LogP contribution in [-0.2, 0) is 41.9 Å². The molecule has 0 heterocycles. The topological polar surface area (TPSA) is 74.2 Å². The molecule has 1 N–H and O–H groups in total. The summed E-state index contributed by atoms with van der Waals surface area (Å²) in [7, 11) is 0. The zero-order valence-electron chi connectivity index (χ0n) is 38.9. The van der Waals surface area contributed by atoms with Crippen LogP contribution in [0.3, 0.4) is 0 Å². The first-order valence-electron chi connectivity index (χ1n) is 22.3. The van der Waals surface area contributed by atoms with Gasteiger partial charge in [0.1, 0.15) is 23.0 Å². The number of carboxylic acid groups (broad SMARTS) is 1. The van der Waals surface area contributed by atoms with Crippen LogP contribution >= 0.6 is 15.9 Å². The Morgan fingerprint density at radius 3 is 1.02 bits per heavy atom. The molecule has 0 unspecified atom stereocenters. The fourth-order valence-electron chi connectivity index (χ4n) is 7.91. The van der Waals surface area contributed by atoms with E-state index >= 15 is 0 Å². The number of ether oxygens (including phenoxy) is 4. The minimum absolute atomic E-state index is 0.126. The van der Waals surface area contributed by atoms with Gasteiger partial charge in [0.15, 0.2) is 0 Å². The van der Waals surface area contributed by atoms with Crippen molar-refractivity contribution >= 4 is 21.9 Å². The second-order valence-corrected chi connectivity index (χ2v) is 20.5. The highest BCUT2D eigenvalue weighted by atomic mass is 79.9. The summed E-state index contributed by atoms with van der Waals surface area (Å²) in [5.41, 5.74) is 11.4. The number of benzene rings is 4. The fourth-order valence-corrected chi connectivity index (χ4v) is 8.52. The van der Waals surface area contributed by atoms with Crippen LogP contribution in [0.4, 0.5) is 0 Å². The first-order valence-corrected chi connectivity index (χ1v) is 23.1. The summed E-state index contributed by atoms with van der Waals surface area (Å²) >= 11 is 3.83. The van der Waals surface area contributed by atoms with Crippen molar-refractivity contribution in [1.82, 2.24) is 0 Å². The van der Waals surface area contributed by atoms with Crippen LogP contribution in [0.15, 0.2) is 46.9 Å². The summed E-state index contributed by atoms with van der Waals surface area (Å²) in [6, 6.07) is 15.7. The van der Waals surface area contributed by atoms with Crippen molar-refractivity contribution < 1.29 is 28.8 Å². The quantitative estimate of drug-likeness (QED) is 0.127. The van der Waals surface area contributed by atoms with Gasteiger partial charge in [0.05, 0.1) is 32.0 Å². The molecular formula is C53H71BrO6. The van der Waals surface area contributed by atoms with Gasteiger partial charge in [-0.2, -0.15) is 0 Å². The maximum atomic E-state index is 13.2. The third-order valence-electron chi connectivity index (χ3n) is 11.3. The Hall–Kier alpha value is -3.97. The average molecular weight is 884 g/mol. The summed E-state index contributed by atoms with van der Waals surface area (Å²) in [6.45, 7) is 31.0. The molecule has 1 aliphatic rings. The van der Waals surface area contributed by atoms with E-state index in [1.165, 1.54) is 16.7 Å². The highest BCUT2D eigenvalue weighted by Crippen LogP contribution is 2.45. The summed E-state index contributed by atoms with van der Waals surface area (Å²) < 4.78 is 27.8. The van der Waals surface area contributed by atoms with E-state index in [0.717, 1.165) is 87.4 Å². The molecule has 0 aliphatic heterocycles. The summed E-state index contributed by atoms with van der Waals surface area (Å²) in [6.07, 6.45) is 5.41. The zero-order chi connectivity index (χ0) is 44.2. The van der Waals surface area contributed by atoms with Crippen molar-refractivity contribution in [3.63, 3.8) is 0 Å². The van der Waals surface area contributed by atoms with Crippen LogP contribution in [0, 0.1) is 0 Å². The highest BCUT2D eigenvalue weighted by molar-refractivity contribution is 9.10. The standard InChI is InChI=1S/C53H71BrO6/c1-14-18-57-46-33-22-34-26-41(52(8,9)10)29-37(47(34)58-19-15-2)24-38-32-44(50(55)56)45(54)43(49(38)60-21-17-4)31-39-30-42(53(11,12)13)28-36(48(39)59-20-16-3)23-35(46)27-40(25-33)51(5,6)7/h25-30,32H,14-24,31H2,1-13H3,(H,55,56). The zero-order valence-corrected chi connectivity index (χ0v) is 40.5. The molecule has 0 radical (unpaired) electrons. The first-order chi connectivity index (χ1) is 28.2. The third-order valence-corrected chi connectivity index (χ3v) is 12.2. The molecule has 0 amide bonds. The number of fused-ring (bicyclic) bond motifs is 8. The van der Waals surface area contributed by atoms with Gasteiger partial charge in [-0.15, -0.1) is 0 Å². The minimum atomic E-state index is -0.994. The van der Waals surface area contributed by atoms with Gasteiger partial charge < -0.3 is 24.1 Å². The highest BCUT2D eigenvalue weighted by Gasteiger charge is 2.30. The molecule has 6 nitrogen and oxygen atoms in total. The van der Waals surface area contributed by atoms with Crippen molar-refractivity contribution in [1.29, 1.82) is 0 Å². The second-order valence-electron chi connectivity index (χ2n) is 19.7. The Morgan fingerprint density at radius 2 is 0.750 bits per heavy atom. The predicted octanol–water partition coefficient (Wildman–Crippen LogP) is 13.9. The molecule has 5 rings (SSSR count). The van der Waals surface area contributed by atoms with Crippen LogP contribution in [0.25, 0.3) is 0 Å². The summed E-state index contributed by atoms with van der Waals surface area (Å²) in [5.74, 6) is 2.34. The number of hydrogen-bond acceptors (Lipinski definition) is 5. The lowest BCUT2D eigenvalue weighted by molar-refractivity contribution is 0.0695. The largest absolute Gasteiger partial charge is 0.493 e. The predicted molar refractivity (Wildman–Crippen MR) is 251 cm³/mol. The Labute approximate surface area is 369 Å². The molecule has 4 aromatic rings. The fraction of sp³-hybridized carbons (Fsp3) is 0.528. The van der Waals surface area contributed by atoms with E-state index in [2.05, 4.69) is 142 Å². The molecule has 0 spiro atoms. The van der Waals surface area contributed by atoms with Gasteiger partial charge in [0.2, 0.25) is 0 Å². The maximum Gasteiger partial charge on any atom is 0.336 e. The lowest BCUT2D eigenvalue weighted by Gasteiger charge is -2.29. The van der Waals surface area contributed by atoms with Crippen LogP contribution in [0.2, 0.25) is 0 Å². The molecule has 1 aliphatic carbocycles. The third kappa shape index (κ3) is 10.9. The minimum Gasteiger partial charge on any atom is -0.493 e. The molecule has 8 bridgehead atoms. The second kappa shape index (κ2) is 19.4. The molecule has 0 atom stereocenters. The molecule has 0 saturated heterocycles. The van der Waals surface area contributed by atoms with Crippen LogP contribution < -0.4 is 18.9 Å². The van der Waals surface area contributed by atoms with Gasteiger partial charge in [-0.3, -0.25) is 0 Å². The monoisotopic (exact) mass is 882 g/mol. The summed E-state index contributed by atoms with van der Waals surface area (Å²) in [4.78, 5) is 13.2. The lowest BCUT2D eigenvalue weighted by Crippen LogP contribution is -2.17. The molecule has 326 valence electrons. The van der Waals surface area contributed by atoms with Crippen LogP contribution in [-0.4, -0.2) is 37.5 Å². The number of aromatic carboxylic acids is 1. The van der Waals surface area contributed by atoms with E-state index in [1.807, 2.05) is 0 Å². The van der Waals surface area contributed by atoms with E-state index < -0.39 is 5.97 Å². The molecule has 7 heteroatoms. The van der Waals surface area contributed by atoms with Crippen molar-refractivity contribution in [2.24, 2.45) is 0 Å². The Balaban J connectivity index is 2.03. The molecular weight excluding hydrogens is 812 g/mol. The molecule has 0 aromatic heterocycles. The number of rotatable bonds is 13. The van der Waals surface area contributed by atoms with E-state index in [4.69, 9.17) is 18.9 Å². The SMILES string of the molecule is CCCOc1c2cc(C(C)(C)C)cc1Cc1cc(C(C)(C)C)cc(c1OCCC)Cc1c(Br)c(C(=O)O)cc(c1OCCC)Cc1cc(C(C)(C)C)cc(c1OCCC)C2.